The van der Waals surface area contributed by atoms with Gasteiger partial charge in [-0.05, 0) is 24.8 Å². The van der Waals surface area contributed by atoms with Crippen LogP contribution in [0.3, 0.4) is 0 Å². The molecule has 1 unspecified atom stereocenters. The van der Waals surface area contributed by atoms with Gasteiger partial charge in [-0.2, -0.15) is 0 Å². The summed E-state index contributed by atoms with van der Waals surface area (Å²) in [5.74, 6) is 1.52. The maximum atomic E-state index is 5.43. The van der Waals surface area contributed by atoms with Gasteiger partial charge in [-0.25, -0.2) is 4.98 Å². The molecule has 1 saturated heterocycles. The highest BCUT2D eigenvalue weighted by atomic mass is 32.1. The van der Waals surface area contributed by atoms with Crippen molar-refractivity contribution in [2.45, 2.75) is 19.8 Å². The van der Waals surface area contributed by atoms with E-state index < -0.39 is 0 Å². The van der Waals surface area contributed by atoms with E-state index in [1.165, 1.54) is 0 Å². The molecule has 0 amide bonds. The number of H-pyrrole nitrogens is 1. The van der Waals surface area contributed by atoms with Crippen molar-refractivity contribution in [3.63, 3.8) is 0 Å². The Bertz CT molecular complexity index is 645. The van der Waals surface area contributed by atoms with Gasteiger partial charge in [0, 0.05) is 25.2 Å². The molecule has 0 radical (unpaired) electrons. The molecule has 1 aromatic heterocycles. The van der Waals surface area contributed by atoms with Gasteiger partial charge >= 0.3 is 0 Å². The van der Waals surface area contributed by atoms with E-state index in [1.807, 2.05) is 25.1 Å². The van der Waals surface area contributed by atoms with Crippen molar-refractivity contribution in [2.75, 3.05) is 13.2 Å². The van der Waals surface area contributed by atoms with Crippen LogP contribution in [0.2, 0.25) is 0 Å². The largest absolute Gasteiger partial charge is 0.381 e. The third-order valence-electron chi connectivity index (χ3n) is 3.77. The fourth-order valence-corrected chi connectivity index (χ4v) is 2.80. The highest BCUT2D eigenvalue weighted by Crippen LogP contribution is 2.23. The van der Waals surface area contributed by atoms with Crippen LogP contribution in [0.5, 0.6) is 0 Å². The number of hydrogen-bond donors (Lipinski definition) is 1. The predicted molar refractivity (Wildman–Crippen MR) is 82.2 cm³/mol. The number of aromatic nitrogens is 2. The lowest BCUT2D eigenvalue weighted by Gasteiger charge is -2.12. The quantitative estimate of drug-likeness (QED) is 0.874. The fraction of sp³-hybridized carbons (Fsp3) is 0.375. The summed E-state index contributed by atoms with van der Waals surface area (Å²) in [6.07, 6.45) is 2.01. The normalized spacial score (nSPS) is 18.4. The maximum Gasteiger partial charge on any atom is 0.133 e. The number of ether oxygens (including phenoxy) is 1. The van der Waals surface area contributed by atoms with Gasteiger partial charge in [-0.3, -0.25) is 0 Å². The summed E-state index contributed by atoms with van der Waals surface area (Å²) < 4.78 is 6.12. The topological polar surface area (TPSA) is 37.9 Å². The summed E-state index contributed by atoms with van der Waals surface area (Å²) in [7, 11) is 0. The van der Waals surface area contributed by atoms with Crippen LogP contribution in [0.15, 0.2) is 30.3 Å². The van der Waals surface area contributed by atoms with Crippen LogP contribution in [-0.4, -0.2) is 23.2 Å². The number of aromatic amines is 1. The molecule has 0 bridgehead atoms. The Morgan fingerprint density at radius 1 is 1.35 bits per heavy atom. The summed E-state index contributed by atoms with van der Waals surface area (Å²) in [6, 6.07) is 10.3. The summed E-state index contributed by atoms with van der Waals surface area (Å²) >= 11 is 5.41. The molecule has 0 aliphatic carbocycles. The highest BCUT2D eigenvalue weighted by Gasteiger charge is 2.18. The first kappa shape index (κ1) is 13.5. The minimum atomic E-state index is 0.555. The lowest BCUT2D eigenvalue weighted by Crippen LogP contribution is -2.09. The van der Waals surface area contributed by atoms with Gasteiger partial charge in [-0.15, -0.1) is 0 Å². The second-order valence-electron chi connectivity index (χ2n) is 5.29. The van der Waals surface area contributed by atoms with Crippen LogP contribution in [0.4, 0.5) is 0 Å². The van der Waals surface area contributed by atoms with Crippen LogP contribution in [0.1, 0.15) is 17.8 Å². The van der Waals surface area contributed by atoms with Gasteiger partial charge in [0.15, 0.2) is 0 Å². The Hall–Kier alpha value is -1.52. The average Bonchev–Trinajstić information content (AvgIpc) is 2.96. The van der Waals surface area contributed by atoms with Crippen molar-refractivity contribution in [1.82, 2.24) is 9.97 Å². The molecule has 1 fully saturated rings. The van der Waals surface area contributed by atoms with Gasteiger partial charge < -0.3 is 9.72 Å². The minimum absolute atomic E-state index is 0.555. The van der Waals surface area contributed by atoms with Crippen LogP contribution in [-0.2, 0) is 11.2 Å². The molecule has 3 rings (SSSR count). The van der Waals surface area contributed by atoms with E-state index in [1.54, 1.807) is 0 Å². The second kappa shape index (κ2) is 5.85. The molecule has 4 heteroatoms. The maximum absolute atomic E-state index is 5.43. The molecular formula is C16H18N2OS. The Labute approximate surface area is 124 Å². The molecule has 0 saturated carbocycles. The van der Waals surface area contributed by atoms with Crippen LogP contribution < -0.4 is 0 Å². The standard InChI is InChI=1S/C16H18N2OS/c1-11-15(13-5-3-2-4-6-13)17-14(18-16(11)20)9-12-7-8-19-10-12/h2-6,12H,7-10H2,1H3,(H,17,18,20). The zero-order valence-electron chi connectivity index (χ0n) is 11.6. The fourth-order valence-electron chi connectivity index (χ4n) is 2.59. The van der Waals surface area contributed by atoms with Crippen molar-refractivity contribution < 1.29 is 4.74 Å². The number of hydrogen-bond acceptors (Lipinski definition) is 3. The van der Waals surface area contributed by atoms with Gasteiger partial charge in [0.1, 0.15) is 10.5 Å². The monoisotopic (exact) mass is 286 g/mol. The van der Waals surface area contributed by atoms with E-state index in [-0.39, 0.29) is 0 Å². The molecular weight excluding hydrogens is 268 g/mol. The summed E-state index contributed by atoms with van der Waals surface area (Å²) in [6.45, 7) is 3.72. The Balaban J connectivity index is 1.97. The van der Waals surface area contributed by atoms with Crippen molar-refractivity contribution in [3.8, 4) is 11.3 Å². The van der Waals surface area contributed by atoms with E-state index in [9.17, 15) is 0 Å². The first-order valence-electron chi connectivity index (χ1n) is 6.97. The summed E-state index contributed by atoms with van der Waals surface area (Å²) in [4.78, 5) is 7.99. The molecule has 20 heavy (non-hydrogen) atoms. The SMILES string of the molecule is Cc1c(-c2ccccc2)[nH]c(CC2CCOC2)nc1=S. The first-order chi connectivity index (χ1) is 9.74. The molecule has 1 aliphatic rings. The van der Waals surface area contributed by atoms with E-state index in [0.29, 0.717) is 10.6 Å². The highest BCUT2D eigenvalue weighted by molar-refractivity contribution is 7.71. The predicted octanol–water partition coefficient (Wildman–Crippen LogP) is 3.69. The number of benzene rings is 1. The van der Waals surface area contributed by atoms with Crippen LogP contribution in [0, 0.1) is 17.5 Å². The second-order valence-corrected chi connectivity index (χ2v) is 5.68. The van der Waals surface area contributed by atoms with Crippen LogP contribution >= 0.6 is 12.2 Å². The van der Waals surface area contributed by atoms with E-state index in [2.05, 4.69) is 22.1 Å². The third-order valence-corrected chi connectivity index (χ3v) is 4.17. The van der Waals surface area contributed by atoms with Gasteiger partial charge in [0.05, 0.1) is 5.69 Å². The molecule has 1 N–H and O–H groups in total. The summed E-state index contributed by atoms with van der Waals surface area (Å²) in [5, 5.41) is 0. The van der Waals surface area contributed by atoms with Crippen molar-refractivity contribution in [1.29, 1.82) is 0 Å². The van der Waals surface area contributed by atoms with Crippen molar-refractivity contribution >= 4 is 12.2 Å². The third kappa shape index (κ3) is 2.81. The van der Waals surface area contributed by atoms with E-state index >= 15 is 0 Å². The minimum Gasteiger partial charge on any atom is -0.381 e. The van der Waals surface area contributed by atoms with E-state index in [0.717, 1.165) is 48.7 Å². The van der Waals surface area contributed by atoms with Crippen LogP contribution in [0.25, 0.3) is 11.3 Å². The Kier molecular flexibility index (Phi) is 3.94. The van der Waals surface area contributed by atoms with Crippen molar-refractivity contribution in [3.05, 3.63) is 46.4 Å². The Morgan fingerprint density at radius 2 is 2.15 bits per heavy atom. The van der Waals surface area contributed by atoms with Gasteiger partial charge in [-0.1, -0.05) is 42.5 Å². The smallest absolute Gasteiger partial charge is 0.133 e. The zero-order valence-corrected chi connectivity index (χ0v) is 12.4. The molecule has 1 aromatic carbocycles. The molecule has 0 spiro atoms. The lowest BCUT2D eigenvalue weighted by atomic mass is 10.0. The Morgan fingerprint density at radius 3 is 2.85 bits per heavy atom. The summed E-state index contributed by atoms with van der Waals surface area (Å²) in [5.41, 5.74) is 3.28. The molecule has 2 heterocycles. The molecule has 3 nitrogen and oxygen atoms in total. The first-order valence-corrected chi connectivity index (χ1v) is 7.38. The molecule has 2 aromatic rings. The van der Waals surface area contributed by atoms with Gasteiger partial charge in [0.25, 0.3) is 0 Å². The number of nitrogens with zero attached hydrogens (tertiary/aromatic N) is 1. The number of nitrogens with one attached hydrogen (secondary N) is 1. The lowest BCUT2D eigenvalue weighted by molar-refractivity contribution is 0.185. The number of rotatable bonds is 3. The molecule has 1 atom stereocenters. The van der Waals surface area contributed by atoms with Crippen molar-refractivity contribution in [2.24, 2.45) is 5.92 Å². The van der Waals surface area contributed by atoms with E-state index in [4.69, 9.17) is 17.0 Å². The zero-order chi connectivity index (χ0) is 13.9. The molecule has 104 valence electrons. The van der Waals surface area contributed by atoms with Gasteiger partial charge in [0.2, 0.25) is 0 Å². The average molecular weight is 286 g/mol. The molecule has 1 aliphatic heterocycles.